The Morgan fingerprint density at radius 2 is 2.33 bits per heavy atom. The van der Waals surface area contributed by atoms with Crippen molar-refractivity contribution in [3.63, 3.8) is 0 Å². The van der Waals surface area contributed by atoms with Crippen LogP contribution in [0.3, 0.4) is 0 Å². The van der Waals surface area contributed by atoms with E-state index in [1.54, 1.807) is 11.8 Å². The molecule has 0 amide bonds. The van der Waals surface area contributed by atoms with Crippen LogP contribution in [0.25, 0.3) is 0 Å². The van der Waals surface area contributed by atoms with E-state index in [0.29, 0.717) is 17.4 Å². The zero-order chi connectivity index (χ0) is 11.3. The normalized spacial score (nSPS) is 10.0. The molecule has 0 aliphatic heterocycles. The maximum absolute atomic E-state index is 5.82. The second-order valence-electron chi connectivity index (χ2n) is 2.94. The summed E-state index contributed by atoms with van der Waals surface area (Å²) in [5, 5.41) is 0.612. The zero-order valence-corrected chi connectivity index (χ0v) is 10.2. The van der Waals surface area contributed by atoms with Crippen LogP contribution in [0.2, 0.25) is 0 Å². The highest BCUT2D eigenvalue weighted by Crippen LogP contribution is 2.30. The fraction of sp³-hybridized carbons (Fsp3) is 0.273. The minimum atomic E-state index is 0.612. The van der Waals surface area contributed by atoms with Gasteiger partial charge in [-0.2, -0.15) is 0 Å². The fourth-order valence-corrected chi connectivity index (χ4v) is 1.96. The third-order valence-electron chi connectivity index (χ3n) is 1.68. The maximum Gasteiger partial charge on any atom is 0.120 e. The van der Waals surface area contributed by atoms with Gasteiger partial charge >= 0.3 is 0 Å². The van der Waals surface area contributed by atoms with Gasteiger partial charge in [0.25, 0.3) is 0 Å². The first kappa shape index (κ1) is 12.3. The molecule has 0 fully saturated rings. The molecular weight excluding hydrogens is 230 g/mol. The quantitative estimate of drug-likeness (QED) is 0.635. The third-order valence-corrected chi connectivity index (χ3v) is 3.13. The number of halogens is 1. The van der Waals surface area contributed by atoms with E-state index in [2.05, 4.69) is 6.58 Å². The van der Waals surface area contributed by atoms with Crippen LogP contribution in [0.1, 0.15) is 6.92 Å². The smallest absolute Gasteiger partial charge is 0.120 e. The van der Waals surface area contributed by atoms with Gasteiger partial charge in [-0.1, -0.05) is 18.2 Å². The fourth-order valence-electron chi connectivity index (χ4n) is 1.05. The van der Waals surface area contributed by atoms with Crippen LogP contribution in [0.5, 0.6) is 5.75 Å². The van der Waals surface area contributed by atoms with Gasteiger partial charge in [0.15, 0.2) is 0 Å². The Bertz CT molecular complexity index is 354. The van der Waals surface area contributed by atoms with Gasteiger partial charge in [0.05, 0.1) is 6.61 Å². The lowest BCUT2D eigenvalue weighted by Crippen LogP contribution is -1.94. The summed E-state index contributed by atoms with van der Waals surface area (Å²) in [5.74, 6) is 1.48. The number of rotatable bonds is 5. The van der Waals surface area contributed by atoms with Crippen molar-refractivity contribution in [3.8, 4) is 5.75 Å². The van der Waals surface area contributed by atoms with Crippen LogP contribution in [-0.2, 0) is 0 Å². The van der Waals surface area contributed by atoms with Crippen LogP contribution in [0.15, 0.2) is 34.7 Å². The number of anilines is 1. The van der Waals surface area contributed by atoms with Gasteiger partial charge in [0, 0.05) is 21.4 Å². The SMILES string of the molecule is C=C(Cl)CSc1cc(OCC)ccc1N. The molecule has 0 atom stereocenters. The molecule has 0 aromatic heterocycles. The van der Waals surface area contributed by atoms with Crippen molar-refractivity contribution in [2.45, 2.75) is 11.8 Å². The van der Waals surface area contributed by atoms with Crippen molar-refractivity contribution >= 4 is 29.1 Å². The van der Waals surface area contributed by atoms with E-state index in [1.165, 1.54) is 0 Å². The second-order valence-corrected chi connectivity index (χ2v) is 4.49. The van der Waals surface area contributed by atoms with Gasteiger partial charge in [0.1, 0.15) is 5.75 Å². The molecule has 0 unspecified atom stereocenters. The number of nitrogens with two attached hydrogens (primary N) is 1. The molecule has 0 heterocycles. The number of nitrogen functional groups attached to an aromatic ring is 1. The predicted octanol–water partition coefficient (Wildman–Crippen LogP) is 3.51. The summed E-state index contributed by atoms with van der Waals surface area (Å²) in [4.78, 5) is 0.975. The minimum absolute atomic E-state index is 0.612. The molecule has 4 heteroatoms. The first-order valence-corrected chi connectivity index (χ1v) is 5.98. The highest BCUT2D eigenvalue weighted by molar-refractivity contribution is 7.99. The number of hydrogen-bond donors (Lipinski definition) is 1. The summed E-state index contributed by atoms with van der Waals surface area (Å²) in [7, 11) is 0. The van der Waals surface area contributed by atoms with E-state index >= 15 is 0 Å². The van der Waals surface area contributed by atoms with Gasteiger partial charge < -0.3 is 10.5 Å². The lowest BCUT2D eigenvalue weighted by atomic mass is 10.3. The molecule has 0 bridgehead atoms. The summed E-state index contributed by atoms with van der Waals surface area (Å²) in [6, 6.07) is 5.62. The number of hydrogen-bond acceptors (Lipinski definition) is 3. The van der Waals surface area contributed by atoms with E-state index in [9.17, 15) is 0 Å². The van der Waals surface area contributed by atoms with Crippen LogP contribution in [0, 0.1) is 0 Å². The van der Waals surface area contributed by atoms with Crippen LogP contribution >= 0.6 is 23.4 Å². The Morgan fingerprint density at radius 1 is 1.60 bits per heavy atom. The standard InChI is InChI=1S/C11H14ClNOS/c1-3-14-9-4-5-10(13)11(6-9)15-7-8(2)12/h4-6H,2-3,7,13H2,1H3. The molecule has 0 spiro atoms. The average molecular weight is 244 g/mol. The van der Waals surface area contributed by atoms with Crippen molar-refractivity contribution in [2.75, 3.05) is 18.1 Å². The molecule has 2 N–H and O–H groups in total. The van der Waals surface area contributed by atoms with Crippen LogP contribution in [0.4, 0.5) is 5.69 Å². The Morgan fingerprint density at radius 3 is 2.93 bits per heavy atom. The molecule has 15 heavy (non-hydrogen) atoms. The molecule has 1 rings (SSSR count). The third kappa shape index (κ3) is 4.06. The molecule has 0 radical (unpaired) electrons. The average Bonchev–Trinajstić information content (AvgIpc) is 2.19. The number of ether oxygens (including phenoxy) is 1. The van der Waals surface area contributed by atoms with E-state index in [-0.39, 0.29) is 0 Å². The lowest BCUT2D eigenvalue weighted by molar-refractivity contribution is 0.339. The molecular formula is C11H14ClNOS. The summed E-state index contributed by atoms with van der Waals surface area (Å²) in [5.41, 5.74) is 6.56. The van der Waals surface area contributed by atoms with E-state index in [1.807, 2.05) is 25.1 Å². The molecule has 2 nitrogen and oxygen atoms in total. The van der Waals surface area contributed by atoms with Crippen LogP contribution in [-0.4, -0.2) is 12.4 Å². The number of benzene rings is 1. The Kier molecular flexibility index (Phi) is 4.85. The van der Waals surface area contributed by atoms with Crippen LogP contribution < -0.4 is 10.5 Å². The van der Waals surface area contributed by atoms with Crippen molar-refractivity contribution in [2.24, 2.45) is 0 Å². The van der Waals surface area contributed by atoms with Crippen molar-refractivity contribution in [3.05, 3.63) is 29.8 Å². The summed E-state index contributed by atoms with van der Waals surface area (Å²) in [6.07, 6.45) is 0. The molecule has 0 aliphatic rings. The van der Waals surface area contributed by atoms with Gasteiger partial charge in [-0.25, -0.2) is 0 Å². The first-order chi connectivity index (χ1) is 7.13. The van der Waals surface area contributed by atoms with Gasteiger partial charge in [-0.3, -0.25) is 0 Å². The second kappa shape index (κ2) is 5.93. The largest absolute Gasteiger partial charge is 0.494 e. The highest BCUT2D eigenvalue weighted by Gasteiger charge is 2.03. The van der Waals surface area contributed by atoms with Crippen molar-refractivity contribution in [1.82, 2.24) is 0 Å². The topological polar surface area (TPSA) is 35.2 Å². The molecule has 0 aliphatic carbocycles. The summed E-state index contributed by atoms with van der Waals surface area (Å²) in [6.45, 7) is 6.23. The zero-order valence-electron chi connectivity index (χ0n) is 8.63. The highest BCUT2D eigenvalue weighted by atomic mass is 35.5. The Hall–Kier alpha value is -0.800. The molecule has 0 saturated heterocycles. The monoisotopic (exact) mass is 243 g/mol. The summed E-state index contributed by atoms with van der Waals surface area (Å²) >= 11 is 7.25. The van der Waals surface area contributed by atoms with Crippen molar-refractivity contribution < 1.29 is 4.74 Å². The molecule has 1 aromatic rings. The van der Waals surface area contributed by atoms with E-state index in [4.69, 9.17) is 22.1 Å². The van der Waals surface area contributed by atoms with Gasteiger partial charge in [0.2, 0.25) is 0 Å². The molecule has 1 aromatic carbocycles. The van der Waals surface area contributed by atoms with Gasteiger partial charge in [-0.05, 0) is 25.1 Å². The first-order valence-electron chi connectivity index (χ1n) is 4.62. The van der Waals surface area contributed by atoms with Crippen molar-refractivity contribution in [1.29, 1.82) is 0 Å². The lowest BCUT2D eigenvalue weighted by Gasteiger charge is -2.08. The Balaban J connectivity index is 2.75. The number of thioether (sulfide) groups is 1. The predicted molar refractivity (Wildman–Crippen MR) is 67.7 cm³/mol. The minimum Gasteiger partial charge on any atom is -0.494 e. The van der Waals surface area contributed by atoms with Gasteiger partial charge in [-0.15, -0.1) is 11.8 Å². The summed E-state index contributed by atoms with van der Waals surface area (Å²) < 4.78 is 5.38. The molecule has 82 valence electrons. The van der Waals surface area contributed by atoms with E-state index in [0.717, 1.165) is 16.3 Å². The van der Waals surface area contributed by atoms with E-state index < -0.39 is 0 Å². The molecule has 0 saturated carbocycles. The maximum atomic E-state index is 5.82. The Labute approximate surface area is 99.4 Å².